The highest BCUT2D eigenvalue weighted by molar-refractivity contribution is 5.83. The van der Waals surface area contributed by atoms with Gasteiger partial charge in [0.05, 0.1) is 0 Å². The molecule has 3 nitrogen and oxygen atoms in total. The van der Waals surface area contributed by atoms with Gasteiger partial charge in [0.25, 0.3) is 0 Å². The van der Waals surface area contributed by atoms with Crippen molar-refractivity contribution in [3.8, 4) is 5.75 Å². The number of fused-ring (bicyclic) bond motifs is 1. The van der Waals surface area contributed by atoms with Gasteiger partial charge in [0, 0.05) is 23.6 Å². The lowest BCUT2D eigenvalue weighted by Crippen LogP contribution is -2.34. The lowest BCUT2D eigenvalue weighted by molar-refractivity contribution is -0.0941. The number of halogens is 4. The second-order valence-corrected chi connectivity index (χ2v) is 6.74. The van der Waals surface area contributed by atoms with E-state index in [9.17, 15) is 17.6 Å². The molecule has 0 fully saturated rings. The monoisotopic (exact) mass is 394 g/mol. The number of hydrogen-bond donors (Lipinski definition) is 2. The third kappa shape index (κ3) is 5.04. The van der Waals surface area contributed by atoms with E-state index in [1.807, 2.05) is 12.3 Å². The minimum atomic E-state index is -3.52. The second kappa shape index (κ2) is 8.65. The number of alkyl halides is 3. The van der Waals surface area contributed by atoms with Crippen LogP contribution < -0.4 is 10.1 Å². The summed E-state index contributed by atoms with van der Waals surface area (Å²) in [5, 5.41) is 4.27. The molecular weight excluding hydrogens is 372 g/mol. The molecule has 0 aliphatic carbocycles. The smallest absolute Gasteiger partial charge is 0.311 e. The van der Waals surface area contributed by atoms with Crippen LogP contribution in [0.2, 0.25) is 0 Å². The van der Waals surface area contributed by atoms with Gasteiger partial charge in [-0.2, -0.15) is 8.78 Å². The molecule has 2 aromatic carbocycles. The Morgan fingerprint density at radius 1 is 1.18 bits per heavy atom. The zero-order valence-corrected chi connectivity index (χ0v) is 15.4. The molecule has 1 aromatic heterocycles. The molecule has 0 bridgehead atoms. The van der Waals surface area contributed by atoms with E-state index in [4.69, 9.17) is 4.74 Å². The summed E-state index contributed by atoms with van der Waals surface area (Å²) < 4.78 is 57.7. The van der Waals surface area contributed by atoms with E-state index in [-0.39, 0.29) is 11.6 Å². The van der Waals surface area contributed by atoms with Crippen LogP contribution in [0.1, 0.15) is 18.1 Å². The van der Waals surface area contributed by atoms with Crippen molar-refractivity contribution in [2.75, 3.05) is 13.2 Å². The van der Waals surface area contributed by atoms with Crippen molar-refractivity contribution in [1.82, 2.24) is 10.3 Å². The van der Waals surface area contributed by atoms with Crippen molar-refractivity contribution < 1.29 is 22.3 Å². The highest BCUT2D eigenvalue weighted by Gasteiger charge is 2.37. The first kappa shape index (κ1) is 20.2. The normalized spacial score (nSPS) is 13.0. The largest absolute Gasteiger partial charge is 0.487 e. The molecule has 150 valence electrons. The topological polar surface area (TPSA) is 37.0 Å². The van der Waals surface area contributed by atoms with E-state index in [1.165, 1.54) is 12.1 Å². The van der Waals surface area contributed by atoms with Gasteiger partial charge >= 0.3 is 5.92 Å². The molecule has 1 atom stereocenters. The van der Waals surface area contributed by atoms with Gasteiger partial charge in [0.15, 0.2) is 12.8 Å². The van der Waals surface area contributed by atoms with Gasteiger partial charge in [-0.3, -0.25) is 0 Å². The fraction of sp³-hybridized carbons (Fsp3) is 0.333. The maximum absolute atomic E-state index is 13.3. The summed E-state index contributed by atoms with van der Waals surface area (Å²) in [6, 6.07) is 11.4. The number of nitrogens with one attached hydrogen (secondary N) is 2. The minimum Gasteiger partial charge on any atom is -0.487 e. The molecule has 0 amide bonds. The Morgan fingerprint density at radius 2 is 2.00 bits per heavy atom. The zero-order valence-electron chi connectivity index (χ0n) is 15.4. The molecule has 3 rings (SSSR count). The van der Waals surface area contributed by atoms with Crippen LogP contribution >= 0.6 is 0 Å². The van der Waals surface area contributed by atoms with Gasteiger partial charge < -0.3 is 15.0 Å². The van der Waals surface area contributed by atoms with E-state index in [0.717, 1.165) is 35.4 Å². The van der Waals surface area contributed by atoms with Crippen molar-refractivity contribution in [3.05, 3.63) is 65.6 Å². The first-order valence-corrected chi connectivity index (χ1v) is 9.05. The summed E-state index contributed by atoms with van der Waals surface area (Å²) >= 11 is 0. The summed E-state index contributed by atoms with van der Waals surface area (Å²) in [6.45, 7) is 1.04. The highest BCUT2D eigenvalue weighted by Crippen LogP contribution is 2.24. The number of rotatable bonds is 9. The van der Waals surface area contributed by atoms with Crippen molar-refractivity contribution in [2.45, 2.75) is 32.0 Å². The summed E-state index contributed by atoms with van der Waals surface area (Å²) in [4.78, 5) is 3.06. The molecule has 1 unspecified atom stereocenters. The van der Waals surface area contributed by atoms with Gasteiger partial charge in [-0.1, -0.05) is 12.1 Å². The lowest BCUT2D eigenvalue weighted by Gasteiger charge is -2.18. The van der Waals surface area contributed by atoms with Crippen LogP contribution in [-0.2, 0) is 13.0 Å². The highest BCUT2D eigenvalue weighted by atomic mass is 19.3. The molecule has 1 heterocycles. The van der Waals surface area contributed by atoms with E-state index in [0.29, 0.717) is 13.1 Å². The van der Waals surface area contributed by atoms with Crippen LogP contribution in [0.15, 0.2) is 48.7 Å². The lowest BCUT2D eigenvalue weighted by atomic mass is 10.1. The Labute approximate surface area is 160 Å². The number of aromatic nitrogens is 1. The zero-order chi connectivity index (χ0) is 20.1. The predicted molar refractivity (Wildman–Crippen MR) is 101 cm³/mol. The number of ether oxygens (including phenoxy) is 1. The van der Waals surface area contributed by atoms with Crippen molar-refractivity contribution in [2.24, 2.45) is 0 Å². The van der Waals surface area contributed by atoms with Gasteiger partial charge in [-0.25, -0.2) is 8.78 Å². The van der Waals surface area contributed by atoms with Gasteiger partial charge in [0.1, 0.15) is 11.6 Å². The average Bonchev–Trinajstić information content (AvgIpc) is 3.06. The van der Waals surface area contributed by atoms with E-state index in [1.54, 1.807) is 24.3 Å². The third-order valence-corrected chi connectivity index (χ3v) is 4.54. The molecule has 0 spiro atoms. The number of H-pyrrole nitrogens is 1. The third-order valence-electron chi connectivity index (χ3n) is 4.54. The fourth-order valence-corrected chi connectivity index (χ4v) is 2.86. The molecular formula is C21H22F4N2O. The Kier molecular flexibility index (Phi) is 6.24. The predicted octanol–water partition coefficient (Wildman–Crippen LogP) is 5.01. The number of hydrogen-bond acceptors (Lipinski definition) is 2. The minimum absolute atomic E-state index is 0.276. The Morgan fingerprint density at radius 3 is 2.79 bits per heavy atom. The first-order chi connectivity index (χ1) is 13.3. The summed E-state index contributed by atoms with van der Waals surface area (Å²) in [5.41, 5.74) is 2.72. The summed E-state index contributed by atoms with van der Waals surface area (Å²) in [6.07, 6.45) is 0.354. The molecule has 0 radical (unpaired) electrons. The molecule has 0 saturated carbocycles. The van der Waals surface area contributed by atoms with E-state index >= 15 is 0 Å². The van der Waals surface area contributed by atoms with Crippen LogP contribution in [-0.4, -0.2) is 30.2 Å². The van der Waals surface area contributed by atoms with Crippen molar-refractivity contribution >= 4 is 10.9 Å². The molecule has 0 aliphatic heterocycles. The average molecular weight is 394 g/mol. The van der Waals surface area contributed by atoms with Crippen molar-refractivity contribution in [1.29, 1.82) is 0 Å². The van der Waals surface area contributed by atoms with Gasteiger partial charge in [-0.05, 0) is 61.3 Å². The maximum atomic E-state index is 13.3. The van der Waals surface area contributed by atoms with Crippen LogP contribution in [0, 0.1) is 5.82 Å². The molecule has 2 N–H and O–H groups in total. The fourth-order valence-electron chi connectivity index (χ4n) is 2.86. The molecule has 0 saturated heterocycles. The van der Waals surface area contributed by atoms with Crippen molar-refractivity contribution in [3.63, 3.8) is 0 Å². The number of benzene rings is 2. The summed E-state index contributed by atoms with van der Waals surface area (Å²) in [5.74, 6) is -3.52. The Bertz CT molecular complexity index is 924. The Hall–Kier alpha value is -2.54. The van der Waals surface area contributed by atoms with E-state index in [2.05, 4.69) is 10.3 Å². The van der Waals surface area contributed by atoms with Crippen LogP contribution in [0.4, 0.5) is 17.6 Å². The standard InChI is InChI=1S/C21H22F4N2O/c1-14(22)21(24,25)13-28-18-4-2-3-15(9-18)11-26-8-7-16-12-27-20-10-17(23)5-6-19(16)20/h2-6,9-10,12,14,26-27H,7-8,11,13H2,1H3. The maximum Gasteiger partial charge on any atom is 0.311 e. The first-order valence-electron chi connectivity index (χ1n) is 9.05. The second-order valence-electron chi connectivity index (χ2n) is 6.74. The van der Waals surface area contributed by atoms with Crippen LogP contribution in [0.25, 0.3) is 10.9 Å². The molecule has 28 heavy (non-hydrogen) atoms. The number of aromatic amines is 1. The van der Waals surface area contributed by atoms with Crippen LogP contribution in [0.5, 0.6) is 5.75 Å². The molecule has 7 heteroatoms. The molecule has 0 aliphatic rings. The SMILES string of the molecule is CC(F)C(F)(F)COc1cccc(CNCCc2c[nH]c3cc(F)ccc23)c1. The van der Waals surface area contributed by atoms with Crippen LogP contribution in [0.3, 0.4) is 0 Å². The van der Waals surface area contributed by atoms with E-state index < -0.39 is 18.7 Å². The molecule has 3 aromatic rings. The van der Waals surface area contributed by atoms with Gasteiger partial charge in [0.2, 0.25) is 0 Å². The quantitative estimate of drug-likeness (QED) is 0.395. The Balaban J connectivity index is 1.49. The summed E-state index contributed by atoms with van der Waals surface area (Å²) in [7, 11) is 0. The van der Waals surface area contributed by atoms with Gasteiger partial charge in [-0.15, -0.1) is 0 Å².